The number of amides is 1. The summed E-state index contributed by atoms with van der Waals surface area (Å²) in [6.45, 7) is 0.239. The number of carbonyl (C=O) groups is 1. The zero-order valence-corrected chi connectivity index (χ0v) is 17.9. The third-order valence-corrected chi connectivity index (χ3v) is 7.30. The van der Waals surface area contributed by atoms with E-state index in [-0.39, 0.29) is 42.7 Å². The summed E-state index contributed by atoms with van der Waals surface area (Å²) in [5.74, 6) is 0.265. The second-order valence-electron chi connectivity index (χ2n) is 7.85. The van der Waals surface area contributed by atoms with E-state index in [0.717, 1.165) is 21.8 Å². The molecule has 0 bridgehead atoms. The maximum Gasteiger partial charge on any atom is 0.260 e. The van der Waals surface area contributed by atoms with Crippen molar-refractivity contribution in [1.82, 2.24) is 14.9 Å². The molecule has 32 heavy (non-hydrogen) atoms. The maximum atomic E-state index is 12.6. The number of ether oxygens (including phenoxy) is 1. The van der Waals surface area contributed by atoms with E-state index < -0.39 is 9.84 Å². The van der Waals surface area contributed by atoms with Gasteiger partial charge in [-0.05, 0) is 41.8 Å². The molecule has 4 aromatic rings. The Morgan fingerprint density at radius 2 is 1.69 bits per heavy atom. The van der Waals surface area contributed by atoms with Gasteiger partial charge in [0.2, 0.25) is 0 Å². The van der Waals surface area contributed by atoms with Gasteiger partial charge in [0.1, 0.15) is 5.75 Å². The van der Waals surface area contributed by atoms with Crippen LogP contribution in [0.3, 0.4) is 0 Å². The summed E-state index contributed by atoms with van der Waals surface area (Å²) in [6, 6.07) is 16.7. The van der Waals surface area contributed by atoms with Gasteiger partial charge in [0.05, 0.1) is 22.8 Å². The zero-order chi connectivity index (χ0) is 22.3. The van der Waals surface area contributed by atoms with Crippen LogP contribution < -0.4 is 10.3 Å². The number of hydrogen-bond acceptors (Lipinski definition) is 5. The van der Waals surface area contributed by atoms with Gasteiger partial charge in [-0.15, -0.1) is 0 Å². The number of sulfone groups is 1. The molecule has 2 aromatic heterocycles. The molecule has 0 radical (unpaired) electrons. The van der Waals surface area contributed by atoms with Gasteiger partial charge >= 0.3 is 0 Å². The predicted octanol–water partition coefficient (Wildman–Crippen LogP) is 2.31. The highest BCUT2D eigenvalue weighted by atomic mass is 32.2. The second-order valence-corrected chi connectivity index (χ2v) is 10.2. The zero-order valence-electron chi connectivity index (χ0n) is 17.1. The monoisotopic (exact) mass is 451 g/mol. The van der Waals surface area contributed by atoms with Crippen molar-refractivity contribution in [1.29, 1.82) is 0 Å². The lowest BCUT2D eigenvalue weighted by molar-refractivity contribution is -0.133. The first-order valence-corrected chi connectivity index (χ1v) is 12.1. The summed E-state index contributed by atoms with van der Waals surface area (Å²) in [5, 5.41) is 1.79. The number of rotatable bonds is 4. The first-order chi connectivity index (χ1) is 15.4. The lowest BCUT2D eigenvalue weighted by Crippen LogP contribution is -2.45. The molecule has 1 saturated heterocycles. The van der Waals surface area contributed by atoms with Crippen molar-refractivity contribution in [2.45, 2.75) is 0 Å². The number of para-hydroxylation sites is 1. The van der Waals surface area contributed by atoms with Gasteiger partial charge in [-0.2, -0.15) is 0 Å². The molecule has 0 saturated carbocycles. The summed E-state index contributed by atoms with van der Waals surface area (Å²) in [7, 11) is -3.04. The highest BCUT2D eigenvalue weighted by molar-refractivity contribution is 7.91. The number of aromatic amines is 2. The minimum absolute atomic E-state index is 0.00920. The van der Waals surface area contributed by atoms with Crippen LogP contribution in [0.2, 0.25) is 0 Å². The van der Waals surface area contributed by atoms with Crippen molar-refractivity contribution in [3.63, 3.8) is 0 Å². The lowest BCUT2D eigenvalue weighted by atomic mass is 10.1. The molecule has 3 heterocycles. The van der Waals surface area contributed by atoms with Crippen LogP contribution in [0.1, 0.15) is 0 Å². The van der Waals surface area contributed by atoms with E-state index in [0.29, 0.717) is 17.0 Å². The molecule has 164 valence electrons. The van der Waals surface area contributed by atoms with Crippen LogP contribution in [-0.2, 0) is 14.6 Å². The lowest BCUT2D eigenvalue weighted by Gasteiger charge is -2.26. The van der Waals surface area contributed by atoms with E-state index in [1.165, 1.54) is 4.90 Å². The number of H-pyrrole nitrogens is 2. The molecule has 1 amide bonds. The van der Waals surface area contributed by atoms with Crippen molar-refractivity contribution in [2.24, 2.45) is 0 Å². The standard InChI is InChI=1S/C23H21N3O5S/c27-22(26-7-9-32(29,30)10-8-26)14-31-17-5-6-20-16(11-17)13-21(24-20)18-12-15-3-1-2-4-19(15)25-23(18)28/h1-6,11-13,24H,7-10,14H2,(H,25,28). The third kappa shape index (κ3) is 3.99. The maximum absolute atomic E-state index is 12.6. The number of nitrogens with one attached hydrogen (secondary N) is 2. The van der Waals surface area contributed by atoms with E-state index in [1.54, 1.807) is 12.1 Å². The largest absolute Gasteiger partial charge is 0.484 e. The smallest absolute Gasteiger partial charge is 0.260 e. The fraction of sp³-hybridized carbons (Fsp3) is 0.217. The molecule has 1 aliphatic rings. The summed E-state index contributed by atoms with van der Waals surface area (Å²) in [5.41, 5.74) is 2.67. The van der Waals surface area contributed by atoms with Crippen molar-refractivity contribution in [3.05, 3.63) is 65.0 Å². The van der Waals surface area contributed by atoms with Gasteiger partial charge in [0, 0.05) is 29.5 Å². The van der Waals surface area contributed by atoms with Crippen LogP contribution in [0.5, 0.6) is 5.75 Å². The molecular weight excluding hydrogens is 430 g/mol. The number of carbonyl (C=O) groups excluding carboxylic acids is 1. The average molecular weight is 452 g/mol. The molecular formula is C23H21N3O5S. The Morgan fingerprint density at radius 1 is 0.938 bits per heavy atom. The Balaban J connectivity index is 1.34. The first-order valence-electron chi connectivity index (χ1n) is 10.2. The Kier molecular flexibility index (Phi) is 4.97. The van der Waals surface area contributed by atoms with E-state index in [2.05, 4.69) is 9.97 Å². The molecule has 8 nitrogen and oxygen atoms in total. The Hall–Kier alpha value is -3.59. The molecule has 0 spiro atoms. The number of benzene rings is 2. The van der Waals surface area contributed by atoms with Gasteiger partial charge in [-0.25, -0.2) is 8.42 Å². The van der Waals surface area contributed by atoms with Crippen molar-refractivity contribution >= 4 is 37.6 Å². The predicted molar refractivity (Wildman–Crippen MR) is 123 cm³/mol. The van der Waals surface area contributed by atoms with Gasteiger partial charge in [-0.3, -0.25) is 9.59 Å². The Labute approximate surface area is 183 Å². The summed E-state index contributed by atoms with van der Waals surface area (Å²) >= 11 is 0. The van der Waals surface area contributed by atoms with Crippen molar-refractivity contribution in [3.8, 4) is 17.0 Å². The molecule has 1 aliphatic heterocycles. The van der Waals surface area contributed by atoms with E-state index in [4.69, 9.17) is 4.74 Å². The second kappa shape index (κ2) is 7.83. The van der Waals surface area contributed by atoms with Crippen molar-refractivity contribution < 1.29 is 17.9 Å². The molecule has 0 unspecified atom stereocenters. The molecule has 5 rings (SSSR count). The summed E-state index contributed by atoms with van der Waals surface area (Å²) < 4.78 is 28.7. The quantitative estimate of drug-likeness (QED) is 0.495. The Morgan fingerprint density at radius 3 is 2.50 bits per heavy atom. The van der Waals surface area contributed by atoms with Crippen LogP contribution in [0.15, 0.2) is 59.4 Å². The third-order valence-electron chi connectivity index (χ3n) is 5.70. The molecule has 2 aromatic carbocycles. The topological polar surface area (TPSA) is 112 Å². The van der Waals surface area contributed by atoms with Crippen LogP contribution >= 0.6 is 0 Å². The number of pyridine rings is 1. The van der Waals surface area contributed by atoms with Crippen LogP contribution in [0.4, 0.5) is 0 Å². The van der Waals surface area contributed by atoms with E-state index in [9.17, 15) is 18.0 Å². The fourth-order valence-corrected chi connectivity index (χ4v) is 5.09. The van der Waals surface area contributed by atoms with Crippen LogP contribution in [-0.4, -0.2) is 60.4 Å². The molecule has 0 atom stereocenters. The van der Waals surface area contributed by atoms with Crippen LogP contribution in [0, 0.1) is 0 Å². The van der Waals surface area contributed by atoms with Crippen molar-refractivity contribution in [2.75, 3.05) is 31.2 Å². The summed E-state index contributed by atoms with van der Waals surface area (Å²) in [4.78, 5) is 32.6. The normalized spacial score (nSPS) is 15.8. The number of aromatic nitrogens is 2. The van der Waals surface area contributed by atoms with Gasteiger partial charge in [-0.1, -0.05) is 18.2 Å². The van der Waals surface area contributed by atoms with Gasteiger partial charge < -0.3 is 19.6 Å². The minimum Gasteiger partial charge on any atom is -0.484 e. The van der Waals surface area contributed by atoms with E-state index in [1.807, 2.05) is 42.5 Å². The van der Waals surface area contributed by atoms with Gasteiger partial charge in [0.25, 0.3) is 11.5 Å². The van der Waals surface area contributed by atoms with Gasteiger partial charge in [0.15, 0.2) is 16.4 Å². The SMILES string of the molecule is O=C(COc1ccc2[nH]c(-c3cc4ccccc4[nH]c3=O)cc2c1)N1CCS(=O)(=O)CC1. The van der Waals surface area contributed by atoms with E-state index >= 15 is 0 Å². The highest BCUT2D eigenvalue weighted by Gasteiger charge is 2.25. The minimum atomic E-state index is -3.04. The molecule has 9 heteroatoms. The van der Waals surface area contributed by atoms with Crippen LogP contribution in [0.25, 0.3) is 33.1 Å². The average Bonchev–Trinajstić information content (AvgIpc) is 3.20. The number of nitrogens with zero attached hydrogens (tertiary/aromatic N) is 1. The fourth-order valence-electron chi connectivity index (χ4n) is 3.89. The molecule has 2 N–H and O–H groups in total. The Bertz CT molecular complexity index is 1490. The number of hydrogen-bond donors (Lipinski definition) is 2. The first kappa shape index (κ1) is 20.3. The molecule has 0 aliphatic carbocycles. The summed E-state index contributed by atoms with van der Waals surface area (Å²) in [6.07, 6.45) is 0. The molecule has 1 fully saturated rings. The number of fused-ring (bicyclic) bond motifs is 2. The highest BCUT2D eigenvalue weighted by Crippen LogP contribution is 2.27.